The number of hydrogen-bond acceptors (Lipinski definition) is 2. The van der Waals surface area contributed by atoms with Gasteiger partial charge in [-0.15, -0.1) is 0 Å². The molecular formula is C16H11F3O2. The van der Waals surface area contributed by atoms with Crippen LogP contribution in [0.2, 0.25) is 0 Å². The molecule has 0 saturated heterocycles. The van der Waals surface area contributed by atoms with Crippen molar-refractivity contribution in [2.24, 2.45) is 0 Å². The van der Waals surface area contributed by atoms with Crippen molar-refractivity contribution in [3.05, 3.63) is 59.7 Å². The van der Waals surface area contributed by atoms with Crippen molar-refractivity contribution >= 4 is 12.1 Å². The minimum absolute atomic E-state index is 0.0246. The average Bonchev–Trinajstić information content (AvgIpc) is 2.47. The van der Waals surface area contributed by atoms with Crippen molar-refractivity contribution < 1.29 is 22.8 Å². The fraction of sp³-hybridized carbons (Fsp3) is 0.125. The molecule has 0 aliphatic carbocycles. The van der Waals surface area contributed by atoms with Gasteiger partial charge in [-0.3, -0.25) is 9.59 Å². The number of carbonyl (C=O) groups is 2. The topological polar surface area (TPSA) is 34.1 Å². The lowest BCUT2D eigenvalue weighted by atomic mass is 10.0. The van der Waals surface area contributed by atoms with E-state index in [4.69, 9.17) is 0 Å². The third kappa shape index (κ3) is 3.78. The van der Waals surface area contributed by atoms with Gasteiger partial charge in [-0.05, 0) is 28.8 Å². The molecule has 108 valence electrons. The van der Waals surface area contributed by atoms with E-state index in [0.29, 0.717) is 11.1 Å². The van der Waals surface area contributed by atoms with Crippen molar-refractivity contribution in [3.63, 3.8) is 0 Å². The summed E-state index contributed by atoms with van der Waals surface area (Å²) < 4.78 is 37.4. The number of carbonyl (C=O) groups excluding carboxylic acids is 2. The van der Waals surface area contributed by atoms with Crippen molar-refractivity contribution in [1.82, 2.24) is 0 Å². The minimum atomic E-state index is -4.35. The number of rotatable bonds is 4. The largest absolute Gasteiger partial charge is 0.416 e. The first kappa shape index (κ1) is 15.0. The summed E-state index contributed by atoms with van der Waals surface area (Å²) in [5.74, 6) is -0.516. The molecule has 2 aromatic rings. The molecule has 0 amide bonds. The van der Waals surface area contributed by atoms with Gasteiger partial charge in [-0.1, -0.05) is 36.4 Å². The number of benzene rings is 2. The highest BCUT2D eigenvalue weighted by Crippen LogP contribution is 2.31. The van der Waals surface area contributed by atoms with Crippen LogP contribution >= 0.6 is 0 Å². The van der Waals surface area contributed by atoms with Crippen molar-refractivity contribution in [1.29, 1.82) is 0 Å². The molecule has 2 aromatic carbocycles. The molecule has 0 radical (unpaired) electrons. The van der Waals surface area contributed by atoms with Crippen LogP contribution in [0.3, 0.4) is 0 Å². The molecule has 0 aromatic heterocycles. The Labute approximate surface area is 119 Å². The number of halogens is 3. The van der Waals surface area contributed by atoms with E-state index in [-0.39, 0.29) is 12.7 Å². The van der Waals surface area contributed by atoms with Gasteiger partial charge in [0.2, 0.25) is 0 Å². The molecule has 0 N–H and O–H groups in total. The maximum atomic E-state index is 12.5. The molecule has 2 nitrogen and oxygen atoms in total. The molecule has 21 heavy (non-hydrogen) atoms. The van der Waals surface area contributed by atoms with Gasteiger partial charge >= 0.3 is 6.18 Å². The van der Waals surface area contributed by atoms with Crippen LogP contribution in [0.25, 0.3) is 11.1 Å². The summed E-state index contributed by atoms with van der Waals surface area (Å²) in [5, 5.41) is 0. The van der Waals surface area contributed by atoms with E-state index in [2.05, 4.69) is 0 Å². The van der Waals surface area contributed by atoms with Gasteiger partial charge in [0.05, 0.1) is 5.56 Å². The van der Waals surface area contributed by atoms with E-state index in [1.807, 2.05) is 0 Å². The second kappa shape index (κ2) is 5.91. The van der Waals surface area contributed by atoms with Crippen molar-refractivity contribution in [3.8, 4) is 11.1 Å². The lowest BCUT2D eigenvalue weighted by Gasteiger charge is -2.08. The zero-order chi connectivity index (χ0) is 15.5. The van der Waals surface area contributed by atoms with Gasteiger partial charge in [0.15, 0.2) is 12.1 Å². The molecule has 0 aliphatic heterocycles. The predicted octanol–water partition coefficient (Wildman–Crippen LogP) is 3.68. The summed E-state index contributed by atoms with van der Waals surface area (Å²) in [7, 11) is 0. The maximum Gasteiger partial charge on any atom is 0.416 e. The quantitative estimate of drug-likeness (QED) is 0.636. The Hall–Kier alpha value is -2.43. The lowest BCUT2D eigenvalue weighted by Crippen LogP contribution is -2.04. The van der Waals surface area contributed by atoms with E-state index in [0.717, 1.165) is 17.7 Å². The van der Waals surface area contributed by atoms with Gasteiger partial charge in [0.1, 0.15) is 0 Å². The van der Waals surface area contributed by atoms with Crippen LogP contribution in [0, 0.1) is 0 Å². The second-order valence-corrected chi connectivity index (χ2v) is 4.53. The van der Waals surface area contributed by atoms with Gasteiger partial charge < -0.3 is 0 Å². The van der Waals surface area contributed by atoms with E-state index in [9.17, 15) is 22.8 Å². The molecule has 0 unspecified atom stereocenters. The molecule has 2 rings (SSSR count). The van der Waals surface area contributed by atoms with Crippen LogP contribution in [0.1, 0.15) is 11.1 Å². The van der Waals surface area contributed by atoms with Gasteiger partial charge in [0.25, 0.3) is 0 Å². The Morgan fingerprint density at radius 1 is 0.905 bits per heavy atom. The SMILES string of the molecule is O=CC(=O)Cc1ccc(-c2ccc(C(F)(F)F)cc2)cc1. The summed E-state index contributed by atoms with van der Waals surface area (Å²) in [5.41, 5.74) is 1.38. The van der Waals surface area contributed by atoms with Crippen molar-refractivity contribution in [2.45, 2.75) is 12.6 Å². The van der Waals surface area contributed by atoms with Crippen LogP contribution < -0.4 is 0 Å². The van der Waals surface area contributed by atoms with Crippen LogP contribution in [0.5, 0.6) is 0 Å². The van der Waals surface area contributed by atoms with Crippen LogP contribution in [0.4, 0.5) is 13.2 Å². The summed E-state index contributed by atoms with van der Waals surface area (Å²) in [6.07, 6.45) is -4.06. The molecule has 5 heteroatoms. The third-order valence-electron chi connectivity index (χ3n) is 3.01. The summed E-state index contributed by atoms with van der Waals surface area (Å²) >= 11 is 0. The Balaban J connectivity index is 2.19. The zero-order valence-electron chi connectivity index (χ0n) is 10.9. The Morgan fingerprint density at radius 2 is 1.38 bits per heavy atom. The lowest BCUT2D eigenvalue weighted by molar-refractivity contribution is -0.137. The molecule has 0 bridgehead atoms. The first-order valence-electron chi connectivity index (χ1n) is 6.15. The fourth-order valence-electron chi connectivity index (χ4n) is 1.91. The predicted molar refractivity (Wildman–Crippen MR) is 71.7 cm³/mol. The highest BCUT2D eigenvalue weighted by atomic mass is 19.4. The molecule has 0 saturated carbocycles. The highest BCUT2D eigenvalue weighted by molar-refractivity contribution is 6.25. The summed E-state index contributed by atoms with van der Waals surface area (Å²) in [6, 6.07) is 11.6. The molecule has 0 heterocycles. The summed E-state index contributed by atoms with van der Waals surface area (Å²) in [6.45, 7) is 0. The van der Waals surface area contributed by atoms with Gasteiger partial charge in [0, 0.05) is 6.42 Å². The Kier molecular flexibility index (Phi) is 4.21. The monoisotopic (exact) mass is 292 g/mol. The first-order chi connectivity index (χ1) is 9.90. The van der Waals surface area contributed by atoms with E-state index in [1.54, 1.807) is 24.3 Å². The minimum Gasteiger partial charge on any atom is -0.295 e. The molecular weight excluding hydrogens is 281 g/mol. The maximum absolute atomic E-state index is 12.5. The molecule has 0 fully saturated rings. The molecule has 0 atom stereocenters. The number of alkyl halides is 3. The Morgan fingerprint density at radius 3 is 1.81 bits per heavy atom. The van der Waals surface area contributed by atoms with Crippen LogP contribution in [0.15, 0.2) is 48.5 Å². The van der Waals surface area contributed by atoms with E-state index < -0.39 is 17.5 Å². The molecule has 0 aliphatic rings. The van der Waals surface area contributed by atoms with Crippen LogP contribution in [-0.4, -0.2) is 12.1 Å². The number of aldehydes is 1. The van der Waals surface area contributed by atoms with E-state index >= 15 is 0 Å². The molecule has 0 spiro atoms. The second-order valence-electron chi connectivity index (χ2n) is 4.53. The number of Topliss-reactive ketones (excluding diaryl/α,β-unsaturated/α-hetero) is 1. The highest BCUT2D eigenvalue weighted by Gasteiger charge is 2.29. The van der Waals surface area contributed by atoms with E-state index in [1.165, 1.54) is 12.1 Å². The van der Waals surface area contributed by atoms with Crippen molar-refractivity contribution in [2.75, 3.05) is 0 Å². The van der Waals surface area contributed by atoms with Crippen LogP contribution in [-0.2, 0) is 22.2 Å². The smallest absolute Gasteiger partial charge is 0.295 e. The standard InChI is InChI=1S/C16H11F3O2/c17-16(18,19)14-7-5-13(6-8-14)12-3-1-11(2-4-12)9-15(21)10-20/h1-8,10H,9H2. The first-order valence-corrected chi connectivity index (χ1v) is 6.15. The summed E-state index contributed by atoms with van der Waals surface area (Å²) in [4.78, 5) is 21.3. The number of hydrogen-bond donors (Lipinski definition) is 0. The fourth-order valence-corrected chi connectivity index (χ4v) is 1.91. The van der Waals surface area contributed by atoms with Gasteiger partial charge in [-0.2, -0.15) is 13.2 Å². The third-order valence-corrected chi connectivity index (χ3v) is 3.01. The van der Waals surface area contributed by atoms with Gasteiger partial charge in [-0.25, -0.2) is 0 Å². The Bertz CT molecular complexity index is 641. The zero-order valence-corrected chi connectivity index (χ0v) is 10.9. The number of ketones is 1. The normalized spacial score (nSPS) is 11.2. The average molecular weight is 292 g/mol.